The maximum Gasteiger partial charge on any atom is 0.313 e. The topological polar surface area (TPSA) is 61.8 Å². The molecule has 0 fully saturated rings. The molecule has 1 heterocycles. The highest BCUT2D eigenvalue weighted by Gasteiger charge is 2.28. The van der Waals surface area contributed by atoms with Crippen molar-refractivity contribution in [3.05, 3.63) is 24.3 Å². The number of fused-ring (bicyclic) bond motifs is 1. The fraction of sp³-hybridized carbons (Fsp3) is 0.333. The van der Waals surface area contributed by atoms with Gasteiger partial charge in [-0.15, -0.1) is 0 Å². The van der Waals surface area contributed by atoms with E-state index in [1.54, 1.807) is 18.2 Å². The highest BCUT2D eigenvalue weighted by Crippen LogP contribution is 2.31. The minimum absolute atomic E-state index is 0.118. The molecule has 5 heteroatoms. The van der Waals surface area contributed by atoms with Crippen LogP contribution in [0.3, 0.4) is 0 Å². The molecule has 1 aliphatic rings. The van der Waals surface area contributed by atoms with E-state index >= 15 is 0 Å². The van der Waals surface area contributed by atoms with Crippen LogP contribution in [0.2, 0.25) is 0 Å². The van der Waals surface area contributed by atoms with E-state index < -0.39 is 12.1 Å². The van der Waals surface area contributed by atoms with E-state index in [-0.39, 0.29) is 18.8 Å². The molecule has 1 atom stereocenters. The van der Waals surface area contributed by atoms with Gasteiger partial charge in [0.25, 0.3) is 0 Å². The fourth-order valence-corrected chi connectivity index (χ4v) is 1.51. The summed E-state index contributed by atoms with van der Waals surface area (Å²) in [7, 11) is 1.24. The van der Waals surface area contributed by atoms with Gasteiger partial charge < -0.3 is 14.2 Å². The van der Waals surface area contributed by atoms with E-state index in [9.17, 15) is 9.59 Å². The molecule has 90 valence electrons. The Bertz CT molecular complexity index is 440. The molecule has 0 amide bonds. The van der Waals surface area contributed by atoms with Gasteiger partial charge in [0.1, 0.15) is 13.0 Å². The number of carbonyl (C=O) groups is 2. The number of benzene rings is 1. The standard InChI is InChI=1S/C12H12O5/c1-15-12(14)6-8(13)11-7-16-9-4-2-3-5-10(9)17-11/h2-5,11H,6-7H2,1H3. The molecule has 5 nitrogen and oxygen atoms in total. The highest BCUT2D eigenvalue weighted by molar-refractivity contribution is 5.98. The minimum Gasteiger partial charge on any atom is -0.485 e. The minimum atomic E-state index is -0.746. The summed E-state index contributed by atoms with van der Waals surface area (Å²) in [6, 6.07) is 7.08. The molecule has 0 saturated heterocycles. The third-order valence-corrected chi connectivity index (χ3v) is 2.41. The Morgan fingerprint density at radius 3 is 2.76 bits per heavy atom. The maximum atomic E-state index is 11.7. The fourth-order valence-electron chi connectivity index (χ4n) is 1.51. The first-order valence-corrected chi connectivity index (χ1v) is 5.18. The molecule has 0 bridgehead atoms. The second-order valence-electron chi connectivity index (χ2n) is 3.58. The van der Waals surface area contributed by atoms with Crippen LogP contribution in [0, 0.1) is 0 Å². The van der Waals surface area contributed by atoms with Crippen LogP contribution >= 0.6 is 0 Å². The lowest BCUT2D eigenvalue weighted by Gasteiger charge is -2.25. The second kappa shape index (κ2) is 4.86. The summed E-state index contributed by atoms with van der Waals surface area (Å²) in [5.41, 5.74) is 0. The van der Waals surface area contributed by atoms with Crippen LogP contribution in [0.25, 0.3) is 0 Å². The molecule has 1 unspecified atom stereocenters. The monoisotopic (exact) mass is 236 g/mol. The molecule has 17 heavy (non-hydrogen) atoms. The van der Waals surface area contributed by atoms with E-state index in [0.29, 0.717) is 11.5 Å². The van der Waals surface area contributed by atoms with Crippen LogP contribution in [0.4, 0.5) is 0 Å². The van der Waals surface area contributed by atoms with Crippen LogP contribution in [-0.2, 0) is 14.3 Å². The molecule has 0 radical (unpaired) electrons. The summed E-state index contributed by atoms with van der Waals surface area (Å²) >= 11 is 0. The Morgan fingerprint density at radius 2 is 2.06 bits per heavy atom. The summed E-state index contributed by atoms with van der Waals surface area (Å²) in [6.07, 6.45) is -1.05. The summed E-state index contributed by atoms with van der Waals surface area (Å²) in [6.45, 7) is 0.118. The normalized spacial score (nSPS) is 17.4. The van der Waals surface area contributed by atoms with E-state index in [1.165, 1.54) is 7.11 Å². The van der Waals surface area contributed by atoms with Gasteiger partial charge in [-0.05, 0) is 12.1 Å². The molecule has 0 N–H and O–H groups in total. The van der Waals surface area contributed by atoms with Crippen molar-refractivity contribution in [2.24, 2.45) is 0 Å². The molecule has 2 rings (SSSR count). The van der Waals surface area contributed by atoms with Gasteiger partial charge in [0.15, 0.2) is 23.4 Å². The van der Waals surface area contributed by atoms with Crippen molar-refractivity contribution < 1.29 is 23.8 Å². The van der Waals surface area contributed by atoms with Crippen molar-refractivity contribution in [3.63, 3.8) is 0 Å². The van der Waals surface area contributed by atoms with Crippen LogP contribution in [0.5, 0.6) is 11.5 Å². The van der Waals surface area contributed by atoms with Gasteiger partial charge >= 0.3 is 5.97 Å². The summed E-state index contributed by atoms with van der Waals surface area (Å²) in [5, 5.41) is 0. The molecule has 0 spiro atoms. The van der Waals surface area contributed by atoms with Gasteiger partial charge in [0.2, 0.25) is 0 Å². The lowest BCUT2D eigenvalue weighted by molar-refractivity contribution is -0.145. The maximum absolute atomic E-state index is 11.7. The Morgan fingerprint density at radius 1 is 1.35 bits per heavy atom. The van der Waals surface area contributed by atoms with Crippen molar-refractivity contribution in [3.8, 4) is 11.5 Å². The van der Waals surface area contributed by atoms with E-state index in [4.69, 9.17) is 9.47 Å². The molecular formula is C12H12O5. The first kappa shape index (κ1) is 11.4. The van der Waals surface area contributed by atoms with E-state index in [2.05, 4.69) is 4.74 Å². The van der Waals surface area contributed by atoms with Crippen molar-refractivity contribution in [2.45, 2.75) is 12.5 Å². The number of methoxy groups -OCH3 is 1. The first-order valence-electron chi connectivity index (χ1n) is 5.18. The van der Waals surface area contributed by atoms with Gasteiger partial charge in [-0.1, -0.05) is 12.1 Å². The zero-order valence-corrected chi connectivity index (χ0v) is 9.34. The number of carbonyl (C=O) groups excluding carboxylic acids is 2. The van der Waals surface area contributed by atoms with Crippen LogP contribution in [0.1, 0.15) is 6.42 Å². The molecule has 0 saturated carbocycles. The van der Waals surface area contributed by atoms with Crippen molar-refractivity contribution in [1.82, 2.24) is 0 Å². The molecule has 1 aliphatic heterocycles. The zero-order valence-electron chi connectivity index (χ0n) is 9.34. The SMILES string of the molecule is COC(=O)CC(=O)C1COc2ccccc2O1. The Balaban J connectivity index is 2.02. The molecule has 0 aromatic heterocycles. The second-order valence-corrected chi connectivity index (χ2v) is 3.58. The number of ether oxygens (including phenoxy) is 3. The number of ketones is 1. The third-order valence-electron chi connectivity index (χ3n) is 2.41. The Kier molecular flexibility index (Phi) is 3.27. The number of Topliss-reactive ketones (excluding diaryl/α,β-unsaturated/α-hetero) is 1. The molecule has 1 aromatic rings. The van der Waals surface area contributed by atoms with Crippen molar-refractivity contribution >= 4 is 11.8 Å². The number of para-hydroxylation sites is 2. The molecule has 0 aliphatic carbocycles. The summed E-state index contributed by atoms with van der Waals surface area (Å²) < 4.78 is 15.3. The van der Waals surface area contributed by atoms with Crippen LogP contribution in [-0.4, -0.2) is 31.6 Å². The van der Waals surface area contributed by atoms with Crippen LogP contribution in [0.15, 0.2) is 24.3 Å². The average molecular weight is 236 g/mol. The van der Waals surface area contributed by atoms with E-state index in [1.807, 2.05) is 6.07 Å². The lowest BCUT2D eigenvalue weighted by atomic mass is 10.1. The predicted molar refractivity (Wildman–Crippen MR) is 58.0 cm³/mol. The predicted octanol–water partition coefficient (Wildman–Crippen LogP) is 0.959. The van der Waals surface area contributed by atoms with Gasteiger partial charge in [0, 0.05) is 0 Å². The molecular weight excluding hydrogens is 224 g/mol. The zero-order chi connectivity index (χ0) is 12.3. The first-order chi connectivity index (χ1) is 8.20. The number of rotatable bonds is 3. The van der Waals surface area contributed by atoms with Gasteiger partial charge in [-0.2, -0.15) is 0 Å². The van der Waals surface area contributed by atoms with E-state index in [0.717, 1.165) is 0 Å². The number of hydrogen-bond donors (Lipinski definition) is 0. The van der Waals surface area contributed by atoms with Crippen molar-refractivity contribution in [1.29, 1.82) is 0 Å². The third kappa shape index (κ3) is 2.55. The quantitative estimate of drug-likeness (QED) is 0.577. The summed E-state index contributed by atoms with van der Waals surface area (Å²) in [4.78, 5) is 22.6. The largest absolute Gasteiger partial charge is 0.485 e. The van der Waals surface area contributed by atoms with Gasteiger partial charge in [-0.25, -0.2) is 0 Å². The number of hydrogen-bond acceptors (Lipinski definition) is 5. The molecule has 1 aromatic carbocycles. The van der Waals surface area contributed by atoms with Gasteiger partial charge in [-0.3, -0.25) is 9.59 Å². The summed E-state index contributed by atoms with van der Waals surface area (Å²) in [5.74, 6) is 0.209. The van der Waals surface area contributed by atoms with Crippen molar-refractivity contribution in [2.75, 3.05) is 13.7 Å². The van der Waals surface area contributed by atoms with Gasteiger partial charge in [0.05, 0.1) is 7.11 Å². The lowest BCUT2D eigenvalue weighted by Crippen LogP contribution is -2.37. The average Bonchev–Trinajstić information content (AvgIpc) is 2.38. The Hall–Kier alpha value is -2.04. The Labute approximate surface area is 98.3 Å². The highest BCUT2D eigenvalue weighted by atomic mass is 16.6. The number of esters is 1. The smallest absolute Gasteiger partial charge is 0.313 e. The van der Waals surface area contributed by atoms with Crippen LogP contribution < -0.4 is 9.47 Å².